The smallest absolute Gasteiger partial charge is 0.0500 e. The number of aliphatic hydroxyl groups excluding tert-OH is 1. The molecule has 0 saturated heterocycles. The molecule has 92 valence electrons. The Morgan fingerprint density at radius 2 is 1.75 bits per heavy atom. The van der Waals surface area contributed by atoms with Crippen LogP contribution in [0.3, 0.4) is 0 Å². The van der Waals surface area contributed by atoms with E-state index in [1.165, 1.54) is 0 Å². The lowest BCUT2D eigenvalue weighted by Gasteiger charge is -2.30. The van der Waals surface area contributed by atoms with Gasteiger partial charge in [-0.1, -0.05) is 43.1 Å². The molecule has 0 amide bonds. The van der Waals surface area contributed by atoms with Gasteiger partial charge in [0.2, 0.25) is 0 Å². The number of benzene rings is 1. The third-order valence-electron chi connectivity index (χ3n) is 2.56. The van der Waals surface area contributed by atoms with E-state index in [2.05, 4.69) is 0 Å². The molecule has 1 aromatic rings. The van der Waals surface area contributed by atoms with Gasteiger partial charge in [0.15, 0.2) is 0 Å². The SMILES string of the molecule is CC(C)(CO)[C@H](N)c1c(Cl)cccc1Cl.Cl. The minimum absolute atomic E-state index is 0. The van der Waals surface area contributed by atoms with Gasteiger partial charge in [-0.25, -0.2) is 0 Å². The second-order valence-corrected chi connectivity index (χ2v) is 5.07. The lowest BCUT2D eigenvalue weighted by Crippen LogP contribution is -2.32. The normalized spacial score (nSPS) is 13.1. The molecule has 16 heavy (non-hydrogen) atoms. The Labute approximate surface area is 112 Å². The van der Waals surface area contributed by atoms with E-state index in [0.717, 1.165) is 0 Å². The number of rotatable bonds is 3. The zero-order valence-electron chi connectivity index (χ0n) is 9.21. The highest BCUT2D eigenvalue weighted by Crippen LogP contribution is 2.38. The zero-order valence-corrected chi connectivity index (χ0v) is 11.5. The summed E-state index contributed by atoms with van der Waals surface area (Å²) in [7, 11) is 0. The molecule has 2 nitrogen and oxygen atoms in total. The molecule has 0 fully saturated rings. The van der Waals surface area contributed by atoms with Crippen LogP contribution in [0.15, 0.2) is 18.2 Å². The molecule has 0 aromatic heterocycles. The summed E-state index contributed by atoms with van der Waals surface area (Å²) >= 11 is 12.1. The predicted molar refractivity (Wildman–Crippen MR) is 71.5 cm³/mol. The first kappa shape index (κ1) is 16.0. The third-order valence-corrected chi connectivity index (χ3v) is 3.22. The zero-order chi connectivity index (χ0) is 11.6. The average Bonchev–Trinajstić information content (AvgIpc) is 2.17. The predicted octanol–water partition coefficient (Wildman–Crippen LogP) is 3.43. The largest absolute Gasteiger partial charge is 0.396 e. The van der Waals surface area contributed by atoms with Crippen molar-refractivity contribution in [3.05, 3.63) is 33.8 Å². The molecular weight excluding hydrogens is 268 g/mol. The van der Waals surface area contributed by atoms with E-state index in [9.17, 15) is 5.11 Å². The average molecular weight is 285 g/mol. The molecule has 1 rings (SSSR count). The van der Waals surface area contributed by atoms with Crippen molar-refractivity contribution in [3.8, 4) is 0 Å². The second kappa shape index (κ2) is 6.08. The van der Waals surface area contributed by atoms with Crippen molar-refractivity contribution in [3.63, 3.8) is 0 Å². The lowest BCUT2D eigenvalue weighted by atomic mass is 9.82. The molecule has 5 heteroatoms. The van der Waals surface area contributed by atoms with Crippen LogP contribution in [0.5, 0.6) is 0 Å². The molecule has 0 aliphatic rings. The van der Waals surface area contributed by atoms with E-state index < -0.39 is 5.41 Å². The first-order chi connectivity index (χ1) is 6.90. The highest BCUT2D eigenvalue weighted by molar-refractivity contribution is 6.36. The van der Waals surface area contributed by atoms with Gasteiger partial charge in [-0.2, -0.15) is 0 Å². The molecule has 0 saturated carbocycles. The number of nitrogens with two attached hydrogens (primary N) is 1. The summed E-state index contributed by atoms with van der Waals surface area (Å²) < 4.78 is 0. The van der Waals surface area contributed by atoms with Crippen molar-refractivity contribution in [1.82, 2.24) is 0 Å². The van der Waals surface area contributed by atoms with Gasteiger partial charge in [0.1, 0.15) is 0 Å². The van der Waals surface area contributed by atoms with Crippen molar-refractivity contribution in [2.24, 2.45) is 11.1 Å². The molecule has 1 aromatic carbocycles. The van der Waals surface area contributed by atoms with Gasteiger partial charge in [0.05, 0.1) is 0 Å². The summed E-state index contributed by atoms with van der Waals surface area (Å²) in [6, 6.07) is 4.88. The molecular formula is C11H16Cl3NO. The molecule has 1 atom stereocenters. The highest BCUT2D eigenvalue weighted by Gasteiger charge is 2.29. The maximum Gasteiger partial charge on any atom is 0.0500 e. The van der Waals surface area contributed by atoms with Crippen LogP contribution in [0, 0.1) is 5.41 Å². The van der Waals surface area contributed by atoms with E-state index in [0.29, 0.717) is 15.6 Å². The number of hydrogen-bond acceptors (Lipinski definition) is 2. The van der Waals surface area contributed by atoms with E-state index in [4.69, 9.17) is 28.9 Å². The van der Waals surface area contributed by atoms with Crippen LogP contribution in [-0.4, -0.2) is 11.7 Å². The van der Waals surface area contributed by atoms with E-state index in [-0.39, 0.29) is 25.1 Å². The number of halogens is 3. The lowest BCUT2D eigenvalue weighted by molar-refractivity contribution is 0.132. The van der Waals surface area contributed by atoms with Crippen LogP contribution in [0.25, 0.3) is 0 Å². The van der Waals surface area contributed by atoms with Crippen LogP contribution in [-0.2, 0) is 0 Å². The number of hydrogen-bond donors (Lipinski definition) is 2. The molecule has 0 radical (unpaired) electrons. The summed E-state index contributed by atoms with van der Waals surface area (Å²) in [5.74, 6) is 0. The maximum atomic E-state index is 9.24. The van der Waals surface area contributed by atoms with E-state index in [1.807, 2.05) is 13.8 Å². The van der Waals surface area contributed by atoms with E-state index >= 15 is 0 Å². The van der Waals surface area contributed by atoms with Crippen LogP contribution in [0.2, 0.25) is 10.0 Å². The molecule has 0 spiro atoms. The van der Waals surface area contributed by atoms with Crippen LogP contribution < -0.4 is 5.73 Å². The molecule has 0 heterocycles. The molecule has 0 unspecified atom stereocenters. The van der Waals surface area contributed by atoms with Gasteiger partial charge in [0, 0.05) is 33.7 Å². The van der Waals surface area contributed by atoms with Gasteiger partial charge >= 0.3 is 0 Å². The minimum Gasteiger partial charge on any atom is -0.396 e. The van der Waals surface area contributed by atoms with Gasteiger partial charge in [-0.3, -0.25) is 0 Å². The standard InChI is InChI=1S/C11H15Cl2NO.ClH/c1-11(2,6-15)10(14)9-7(12)4-3-5-8(9)13;/h3-5,10,15H,6,14H2,1-2H3;1H/t10-;/m1./s1. The Bertz CT molecular complexity index is 335. The first-order valence-corrected chi connectivity index (χ1v) is 5.46. The topological polar surface area (TPSA) is 46.2 Å². The Balaban J connectivity index is 0.00000225. The highest BCUT2D eigenvalue weighted by atomic mass is 35.5. The van der Waals surface area contributed by atoms with Gasteiger partial charge in [-0.15, -0.1) is 12.4 Å². The second-order valence-electron chi connectivity index (χ2n) is 4.26. The van der Waals surface area contributed by atoms with Crippen molar-refractivity contribution < 1.29 is 5.11 Å². The van der Waals surface area contributed by atoms with Gasteiger partial charge in [-0.05, 0) is 12.1 Å². The van der Waals surface area contributed by atoms with Crippen LogP contribution in [0.1, 0.15) is 25.5 Å². The number of aliphatic hydroxyl groups is 1. The van der Waals surface area contributed by atoms with E-state index in [1.54, 1.807) is 18.2 Å². The van der Waals surface area contributed by atoms with Crippen molar-refractivity contribution in [1.29, 1.82) is 0 Å². The summed E-state index contributed by atoms with van der Waals surface area (Å²) in [5, 5.41) is 10.3. The van der Waals surface area contributed by atoms with Crippen molar-refractivity contribution in [2.45, 2.75) is 19.9 Å². The summed E-state index contributed by atoms with van der Waals surface area (Å²) in [5.41, 5.74) is 6.30. The van der Waals surface area contributed by atoms with Crippen LogP contribution in [0.4, 0.5) is 0 Å². The Kier molecular flexibility index (Phi) is 6.09. The minimum atomic E-state index is -0.450. The summed E-state index contributed by atoms with van der Waals surface area (Å²) in [4.78, 5) is 0. The molecule has 0 bridgehead atoms. The van der Waals surface area contributed by atoms with Gasteiger partial charge in [0.25, 0.3) is 0 Å². The molecule has 0 aliphatic heterocycles. The fourth-order valence-corrected chi connectivity index (χ4v) is 1.93. The monoisotopic (exact) mass is 283 g/mol. The summed E-state index contributed by atoms with van der Waals surface area (Å²) in [6.45, 7) is 3.73. The summed E-state index contributed by atoms with van der Waals surface area (Å²) in [6.07, 6.45) is 0. The fraction of sp³-hybridized carbons (Fsp3) is 0.455. The fourth-order valence-electron chi connectivity index (χ4n) is 1.30. The Morgan fingerprint density at radius 3 is 2.12 bits per heavy atom. The Morgan fingerprint density at radius 1 is 1.31 bits per heavy atom. The quantitative estimate of drug-likeness (QED) is 0.893. The van der Waals surface area contributed by atoms with Crippen molar-refractivity contribution >= 4 is 35.6 Å². The maximum absolute atomic E-state index is 9.24. The third kappa shape index (κ3) is 3.25. The molecule has 3 N–H and O–H groups in total. The molecule has 0 aliphatic carbocycles. The van der Waals surface area contributed by atoms with Crippen LogP contribution >= 0.6 is 35.6 Å². The Hall–Kier alpha value is 0.01000. The first-order valence-electron chi connectivity index (χ1n) is 4.70. The van der Waals surface area contributed by atoms with Crippen molar-refractivity contribution in [2.75, 3.05) is 6.61 Å². The van der Waals surface area contributed by atoms with Gasteiger partial charge < -0.3 is 10.8 Å².